The van der Waals surface area contributed by atoms with E-state index in [4.69, 9.17) is 16.2 Å². The lowest BCUT2D eigenvalue weighted by atomic mass is 10.00. The molecule has 44 heavy (non-hydrogen) atoms. The summed E-state index contributed by atoms with van der Waals surface area (Å²) in [5.41, 5.74) is 11.5. The Balaban J connectivity index is 1.83. The summed E-state index contributed by atoms with van der Waals surface area (Å²) in [4.78, 5) is 55.7. The average molecular weight is 603 g/mol. The van der Waals surface area contributed by atoms with Gasteiger partial charge in [0, 0.05) is 19.4 Å². The largest absolute Gasteiger partial charge is 0.444 e. The molecule has 3 atom stereocenters. The zero-order valence-electron chi connectivity index (χ0n) is 25.4. The summed E-state index contributed by atoms with van der Waals surface area (Å²) in [5.74, 6) is -1.17. The molecule has 0 saturated heterocycles. The summed E-state index contributed by atoms with van der Waals surface area (Å²) < 4.78 is 5.43. The molecule has 11 heteroatoms. The first-order valence-electron chi connectivity index (χ1n) is 14.6. The Labute approximate surface area is 257 Å². The second-order valence-electron chi connectivity index (χ2n) is 11.5. The minimum absolute atomic E-state index is 0.0550. The Morgan fingerprint density at radius 1 is 0.818 bits per heavy atom. The summed E-state index contributed by atoms with van der Waals surface area (Å²) in [7, 11) is 0. The van der Waals surface area contributed by atoms with Gasteiger partial charge in [-0.1, -0.05) is 72.8 Å². The zero-order valence-corrected chi connectivity index (χ0v) is 25.4. The van der Waals surface area contributed by atoms with E-state index in [1.807, 2.05) is 72.8 Å². The van der Waals surface area contributed by atoms with Crippen molar-refractivity contribution in [2.75, 3.05) is 6.54 Å². The average Bonchev–Trinajstić information content (AvgIpc) is 2.97. The van der Waals surface area contributed by atoms with Crippen LogP contribution in [-0.4, -0.2) is 60.4 Å². The predicted molar refractivity (Wildman–Crippen MR) is 171 cm³/mol. The van der Waals surface area contributed by atoms with Crippen molar-refractivity contribution in [3.05, 3.63) is 83.9 Å². The first-order valence-corrected chi connectivity index (χ1v) is 14.6. The number of aldehydes is 1. The number of benzene rings is 3. The molecule has 7 N–H and O–H groups in total. The fourth-order valence-corrected chi connectivity index (χ4v) is 4.57. The Hall–Kier alpha value is -4.93. The van der Waals surface area contributed by atoms with E-state index in [1.54, 1.807) is 20.8 Å². The SMILES string of the molecule is CC(C)(C)OC(=O)NC(Cc1ccc2ccccc2c1)C(=O)NC(Cc1ccccc1)C(=O)N[C@H](C=O)CCCN=C(N)N. The summed E-state index contributed by atoms with van der Waals surface area (Å²) in [6, 6.07) is 19.9. The van der Waals surface area contributed by atoms with Crippen molar-refractivity contribution in [2.24, 2.45) is 16.5 Å². The molecule has 0 aliphatic carbocycles. The third-order valence-electron chi connectivity index (χ3n) is 6.64. The lowest BCUT2D eigenvalue weighted by Gasteiger charge is -2.26. The first kappa shape index (κ1) is 33.6. The van der Waals surface area contributed by atoms with Gasteiger partial charge in [0.1, 0.15) is 24.0 Å². The van der Waals surface area contributed by atoms with Crippen LogP contribution in [0.25, 0.3) is 10.8 Å². The molecule has 11 nitrogen and oxygen atoms in total. The molecule has 0 aromatic heterocycles. The lowest BCUT2D eigenvalue weighted by Crippen LogP contribution is -2.56. The third-order valence-corrected chi connectivity index (χ3v) is 6.64. The van der Waals surface area contributed by atoms with E-state index in [0.29, 0.717) is 25.7 Å². The normalized spacial score (nSPS) is 13.2. The number of fused-ring (bicyclic) bond motifs is 1. The second kappa shape index (κ2) is 16.1. The van der Waals surface area contributed by atoms with Crippen molar-refractivity contribution in [1.29, 1.82) is 0 Å². The highest BCUT2D eigenvalue weighted by atomic mass is 16.6. The van der Waals surface area contributed by atoms with E-state index in [0.717, 1.165) is 21.9 Å². The molecular weight excluding hydrogens is 560 g/mol. The maximum Gasteiger partial charge on any atom is 0.408 e. The van der Waals surface area contributed by atoms with Gasteiger partial charge in [-0.3, -0.25) is 14.6 Å². The van der Waals surface area contributed by atoms with Gasteiger partial charge in [0.05, 0.1) is 6.04 Å². The maximum atomic E-state index is 13.8. The monoisotopic (exact) mass is 602 g/mol. The van der Waals surface area contributed by atoms with Crippen LogP contribution in [0.4, 0.5) is 4.79 Å². The van der Waals surface area contributed by atoms with Crippen molar-refractivity contribution in [3.63, 3.8) is 0 Å². The molecule has 0 fully saturated rings. The highest BCUT2D eigenvalue weighted by Gasteiger charge is 2.30. The van der Waals surface area contributed by atoms with E-state index < -0.39 is 41.6 Å². The smallest absolute Gasteiger partial charge is 0.408 e. The number of alkyl carbamates (subject to hydrolysis) is 1. The molecule has 0 aliphatic heterocycles. The Morgan fingerprint density at radius 2 is 1.43 bits per heavy atom. The number of nitrogens with two attached hydrogens (primary N) is 2. The molecule has 0 spiro atoms. The van der Waals surface area contributed by atoms with Gasteiger partial charge in [0.25, 0.3) is 0 Å². The molecule has 0 heterocycles. The van der Waals surface area contributed by atoms with Gasteiger partial charge >= 0.3 is 6.09 Å². The van der Waals surface area contributed by atoms with Crippen LogP contribution >= 0.6 is 0 Å². The number of ether oxygens (including phenoxy) is 1. The van der Waals surface area contributed by atoms with Gasteiger partial charge in [0.15, 0.2) is 5.96 Å². The van der Waals surface area contributed by atoms with Crippen molar-refractivity contribution >= 4 is 40.9 Å². The van der Waals surface area contributed by atoms with E-state index in [2.05, 4.69) is 20.9 Å². The summed E-state index contributed by atoms with van der Waals surface area (Å²) in [6.07, 6.45) is 0.962. The predicted octanol–water partition coefficient (Wildman–Crippen LogP) is 2.74. The van der Waals surface area contributed by atoms with Crippen LogP contribution in [0.3, 0.4) is 0 Å². The lowest BCUT2D eigenvalue weighted by molar-refractivity contribution is -0.131. The molecule has 3 amide bonds. The van der Waals surface area contributed by atoms with Crippen LogP contribution in [0.5, 0.6) is 0 Å². The van der Waals surface area contributed by atoms with Crippen LogP contribution in [-0.2, 0) is 32.0 Å². The van der Waals surface area contributed by atoms with Gasteiger partial charge in [-0.2, -0.15) is 0 Å². The first-order chi connectivity index (χ1) is 20.9. The van der Waals surface area contributed by atoms with Crippen molar-refractivity contribution in [3.8, 4) is 0 Å². The zero-order chi connectivity index (χ0) is 32.1. The summed E-state index contributed by atoms with van der Waals surface area (Å²) >= 11 is 0. The summed E-state index contributed by atoms with van der Waals surface area (Å²) in [5, 5.41) is 10.2. The third kappa shape index (κ3) is 11.4. The standard InChI is InChI=1S/C33H42N6O5/c1-33(2,3)44-32(43)39-28(20-23-15-16-24-12-7-8-13-25(24)18-23)30(42)38-27(19-22-10-5-4-6-11-22)29(41)37-26(21-40)14-9-17-36-31(34)35/h4-8,10-13,15-16,18,21,26-28H,9,14,17,19-20H2,1-3H3,(H,37,41)(H,38,42)(H,39,43)(H4,34,35,36)/t26-,27?,28?/m0/s1. The quantitative estimate of drug-likeness (QED) is 0.0815. The fourth-order valence-electron chi connectivity index (χ4n) is 4.57. The van der Waals surface area contributed by atoms with E-state index >= 15 is 0 Å². The number of aliphatic imine (C=N–C) groups is 1. The molecular formula is C33H42N6O5. The van der Waals surface area contributed by atoms with E-state index in [9.17, 15) is 19.2 Å². The highest BCUT2D eigenvalue weighted by Crippen LogP contribution is 2.17. The van der Waals surface area contributed by atoms with Crippen LogP contribution in [0.1, 0.15) is 44.7 Å². The number of carbonyl (C=O) groups excluding carboxylic acids is 4. The number of nitrogens with one attached hydrogen (secondary N) is 3. The molecule has 2 unspecified atom stereocenters. The maximum absolute atomic E-state index is 13.8. The Bertz CT molecular complexity index is 1450. The van der Waals surface area contributed by atoms with E-state index in [1.165, 1.54) is 0 Å². The second-order valence-corrected chi connectivity index (χ2v) is 11.5. The number of hydrogen-bond donors (Lipinski definition) is 5. The molecule has 3 rings (SSSR count). The molecule has 0 aliphatic rings. The molecule has 0 saturated carbocycles. The van der Waals surface area contributed by atoms with Crippen LogP contribution in [0, 0.1) is 0 Å². The number of amides is 3. The van der Waals surface area contributed by atoms with Gasteiger partial charge in [-0.25, -0.2) is 4.79 Å². The molecule has 0 radical (unpaired) electrons. The van der Waals surface area contributed by atoms with Crippen LogP contribution in [0.2, 0.25) is 0 Å². The minimum Gasteiger partial charge on any atom is -0.444 e. The van der Waals surface area contributed by atoms with Crippen molar-refractivity contribution in [2.45, 2.75) is 70.2 Å². The number of carbonyl (C=O) groups is 4. The fraction of sp³-hybridized carbons (Fsp3) is 0.364. The minimum atomic E-state index is -1.06. The Kier molecular flexibility index (Phi) is 12.3. The van der Waals surface area contributed by atoms with Crippen LogP contribution < -0.4 is 27.4 Å². The Morgan fingerprint density at radius 3 is 2.09 bits per heavy atom. The topological polar surface area (TPSA) is 178 Å². The van der Waals surface area contributed by atoms with E-state index in [-0.39, 0.29) is 18.8 Å². The molecule has 3 aromatic carbocycles. The molecule has 3 aromatic rings. The van der Waals surface area contributed by atoms with Gasteiger partial charge in [0.2, 0.25) is 11.8 Å². The van der Waals surface area contributed by atoms with Gasteiger partial charge in [-0.15, -0.1) is 0 Å². The summed E-state index contributed by atoms with van der Waals surface area (Å²) in [6.45, 7) is 5.49. The molecule has 234 valence electrons. The van der Waals surface area contributed by atoms with Crippen molar-refractivity contribution < 1.29 is 23.9 Å². The van der Waals surface area contributed by atoms with Crippen molar-refractivity contribution in [1.82, 2.24) is 16.0 Å². The number of hydrogen-bond acceptors (Lipinski definition) is 6. The highest BCUT2D eigenvalue weighted by molar-refractivity contribution is 5.92. The van der Waals surface area contributed by atoms with Gasteiger partial charge < -0.3 is 36.9 Å². The number of guanidine groups is 1. The number of nitrogens with zero attached hydrogens (tertiary/aromatic N) is 1. The number of rotatable bonds is 14. The van der Waals surface area contributed by atoms with Gasteiger partial charge in [-0.05, 0) is 55.5 Å². The van der Waals surface area contributed by atoms with Crippen LogP contribution in [0.15, 0.2) is 77.8 Å². The molecule has 0 bridgehead atoms.